The average Bonchev–Trinajstić information content (AvgIpc) is 3.31. The summed E-state index contributed by atoms with van der Waals surface area (Å²) in [5, 5.41) is 2.46. The van der Waals surface area contributed by atoms with Crippen LogP contribution in [0.5, 0.6) is 0 Å². The Balaban J connectivity index is 1.40. The molecule has 10 heteroatoms. The fraction of sp³-hybridized carbons (Fsp3) is 0.474. The van der Waals surface area contributed by atoms with Gasteiger partial charge in [-0.05, 0) is 25.0 Å². The standard InChI is InChI=1S/C19H24N6O3S/c26-19(23-17-7-3-4-8-21-17)16-13-20-14-18(22-16)24-9-11-25(12-10-24)29(27,28)15-5-1-2-6-15/h3-4,7-8,13-15H,1-2,5-6,9-12H2,(H,21,23,26). The molecule has 0 aromatic carbocycles. The number of sulfonamides is 1. The van der Waals surface area contributed by atoms with Crippen molar-refractivity contribution < 1.29 is 13.2 Å². The van der Waals surface area contributed by atoms with E-state index in [0.29, 0.717) is 37.8 Å². The predicted octanol–water partition coefficient (Wildman–Crippen LogP) is 1.52. The molecule has 2 aromatic rings. The fourth-order valence-electron chi connectivity index (χ4n) is 3.80. The molecule has 1 aliphatic heterocycles. The summed E-state index contributed by atoms with van der Waals surface area (Å²) in [4.78, 5) is 27.0. The van der Waals surface area contributed by atoms with Gasteiger partial charge in [0, 0.05) is 32.4 Å². The van der Waals surface area contributed by atoms with Crippen molar-refractivity contribution in [3.05, 3.63) is 42.5 Å². The summed E-state index contributed by atoms with van der Waals surface area (Å²) >= 11 is 0. The van der Waals surface area contributed by atoms with E-state index in [1.165, 1.54) is 6.20 Å². The van der Waals surface area contributed by atoms with Gasteiger partial charge in [-0.15, -0.1) is 0 Å². The van der Waals surface area contributed by atoms with E-state index >= 15 is 0 Å². The minimum absolute atomic E-state index is 0.189. The maximum atomic E-state index is 12.8. The number of piperazine rings is 1. The molecule has 154 valence electrons. The second kappa shape index (κ2) is 8.42. The van der Waals surface area contributed by atoms with Crippen molar-refractivity contribution in [2.75, 3.05) is 36.4 Å². The molecular formula is C19H24N6O3S. The Kier molecular flexibility index (Phi) is 5.72. The first-order chi connectivity index (χ1) is 14.0. The van der Waals surface area contributed by atoms with Gasteiger partial charge in [-0.25, -0.2) is 18.4 Å². The molecule has 2 aliphatic rings. The highest BCUT2D eigenvalue weighted by Gasteiger charge is 2.35. The number of hydrogen-bond donors (Lipinski definition) is 1. The number of aromatic nitrogens is 3. The Labute approximate surface area is 170 Å². The lowest BCUT2D eigenvalue weighted by Crippen LogP contribution is -2.51. The first-order valence-corrected chi connectivity index (χ1v) is 11.3. The quantitative estimate of drug-likeness (QED) is 0.787. The first kappa shape index (κ1) is 19.7. The van der Waals surface area contributed by atoms with Crippen LogP contribution < -0.4 is 10.2 Å². The predicted molar refractivity (Wildman–Crippen MR) is 109 cm³/mol. The van der Waals surface area contributed by atoms with E-state index < -0.39 is 10.0 Å². The third-order valence-corrected chi connectivity index (χ3v) is 7.81. The molecule has 1 saturated heterocycles. The van der Waals surface area contributed by atoms with Gasteiger partial charge in [-0.3, -0.25) is 9.78 Å². The number of pyridine rings is 1. The van der Waals surface area contributed by atoms with E-state index in [-0.39, 0.29) is 16.9 Å². The monoisotopic (exact) mass is 416 g/mol. The van der Waals surface area contributed by atoms with Crippen molar-refractivity contribution in [3.63, 3.8) is 0 Å². The number of rotatable bonds is 5. The van der Waals surface area contributed by atoms with Gasteiger partial charge >= 0.3 is 0 Å². The molecule has 1 saturated carbocycles. The molecule has 1 N–H and O–H groups in total. The normalized spacial score (nSPS) is 18.7. The van der Waals surface area contributed by atoms with E-state index in [1.54, 1.807) is 34.9 Å². The average molecular weight is 417 g/mol. The van der Waals surface area contributed by atoms with Gasteiger partial charge < -0.3 is 10.2 Å². The number of nitrogens with one attached hydrogen (secondary N) is 1. The van der Waals surface area contributed by atoms with Crippen molar-refractivity contribution in [1.29, 1.82) is 0 Å². The number of anilines is 2. The SMILES string of the molecule is O=C(Nc1ccccn1)c1cncc(N2CCN(S(=O)(=O)C3CCCC3)CC2)n1. The minimum atomic E-state index is -3.22. The fourth-order valence-corrected chi connectivity index (χ4v) is 5.83. The molecule has 3 heterocycles. The second-order valence-electron chi connectivity index (χ2n) is 7.27. The number of carbonyl (C=O) groups excluding carboxylic acids is 1. The molecule has 29 heavy (non-hydrogen) atoms. The molecular weight excluding hydrogens is 392 g/mol. The van der Waals surface area contributed by atoms with Gasteiger partial charge in [0.25, 0.3) is 5.91 Å². The summed E-state index contributed by atoms with van der Waals surface area (Å²) in [6, 6.07) is 5.24. The Hall–Kier alpha value is -2.59. The molecule has 2 aromatic heterocycles. The lowest BCUT2D eigenvalue weighted by atomic mass is 10.3. The third kappa shape index (κ3) is 4.38. The lowest BCUT2D eigenvalue weighted by Gasteiger charge is -2.35. The Morgan fingerprint density at radius 1 is 1.07 bits per heavy atom. The van der Waals surface area contributed by atoms with Gasteiger partial charge in [0.2, 0.25) is 10.0 Å². The van der Waals surface area contributed by atoms with Crippen molar-refractivity contribution in [3.8, 4) is 0 Å². The number of hydrogen-bond acceptors (Lipinski definition) is 7. The first-order valence-electron chi connectivity index (χ1n) is 9.82. The van der Waals surface area contributed by atoms with Crippen molar-refractivity contribution >= 4 is 27.6 Å². The van der Waals surface area contributed by atoms with Gasteiger partial charge in [0.05, 0.1) is 17.6 Å². The van der Waals surface area contributed by atoms with Crippen LogP contribution in [0.25, 0.3) is 0 Å². The Morgan fingerprint density at radius 2 is 1.83 bits per heavy atom. The smallest absolute Gasteiger partial charge is 0.277 e. The highest BCUT2D eigenvalue weighted by Crippen LogP contribution is 2.28. The van der Waals surface area contributed by atoms with E-state index in [1.807, 2.05) is 4.90 Å². The van der Waals surface area contributed by atoms with Crippen LogP contribution in [0.1, 0.15) is 36.2 Å². The van der Waals surface area contributed by atoms with Crippen LogP contribution in [0.15, 0.2) is 36.8 Å². The molecule has 1 amide bonds. The maximum absolute atomic E-state index is 12.8. The van der Waals surface area contributed by atoms with E-state index in [4.69, 9.17) is 0 Å². The number of nitrogens with zero attached hydrogens (tertiary/aromatic N) is 5. The second-order valence-corrected chi connectivity index (χ2v) is 9.48. The Morgan fingerprint density at radius 3 is 2.52 bits per heavy atom. The van der Waals surface area contributed by atoms with Gasteiger partial charge in [0.15, 0.2) is 0 Å². The topological polar surface area (TPSA) is 108 Å². The van der Waals surface area contributed by atoms with Crippen LogP contribution >= 0.6 is 0 Å². The summed E-state index contributed by atoms with van der Waals surface area (Å²) in [5.74, 6) is 0.618. The molecule has 0 unspecified atom stereocenters. The zero-order chi connectivity index (χ0) is 20.3. The molecule has 0 bridgehead atoms. The van der Waals surface area contributed by atoms with E-state index in [2.05, 4.69) is 20.3 Å². The molecule has 0 spiro atoms. The molecule has 9 nitrogen and oxygen atoms in total. The van der Waals surface area contributed by atoms with Crippen LogP contribution in [0.4, 0.5) is 11.6 Å². The van der Waals surface area contributed by atoms with Gasteiger partial charge in [-0.2, -0.15) is 4.31 Å². The summed E-state index contributed by atoms with van der Waals surface area (Å²) in [7, 11) is -3.22. The van der Waals surface area contributed by atoms with Crippen molar-refractivity contribution in [1.82, 2.24) is 19.3 Å². The zero-order valence-electron chi connectivity index (χ0n) is 16.1. The summed E-state index contributed by atoms with van der Waals surface area (Å²) in [6.45, 7) is 1.88. The van der Waals surface area contributed by atoms with E-state index in [0.717, 1.165) is 25.7 Å². The van der Waals surface area contributed by atoms with Gasteiger partial charge in [0.1, 0.15) is 17.3 Å². The highest BCUT2D eigenvalue weighted by atomic mass is 32.2. The zero-order valence-corrected chi connectivity index (χ0v) is 16.9. The highest BCUT2D eigenvalue weighted by molar-refractivity contribution is 7.89. The molecule has 4 rings (SSSR count). The maximum Gasteiger partial charge on any atom is 0.277 e. The van der Waals surface area contributed by atoms with Crippen molar-refractivity contribution in [2.24, 2.45) is 0 Å². The summed E-state index contributed by atoms with van der Waals surface area (Å²) < 4.78 is 27.1. The largest absolute Gasteiger partial charge is 0.353 e. The van der Waals surface area contributed by atoms with Crippen LogP contribution in [-0.4, -0.2) is 65.0 Å². The molecule has 0 atom stereocenters. The molecule has 1 aliphatic carbocycles. The van der Waals surface area contributed by atoms with Crippen LogP contribution in [0, 0.1) is 0 Å². The summed E-state index contributed by atoms with van der Waals surface area (Å²) in [5.41, 5.74) is 0.189. The third-order valence-electron chi connectivity index (χ3n) is 5.41. The molecule has 0 radical (unpaired) electrons. The van der Waals surface area contributed by atoms with Crippen LogP contribution in [0.2, 0.25) is 0 Å². The van der Waals surface area contributed by atoms with Crippen LogP contribution in [0.3, 0.4) is 0 Å². The number of carbonyl (C=O) groups is 1. The molecule has 2 fully saturated rings. The van der Waals surface area contributed by atoms with Crippen LogP contribution in [-0.2, 0) is 10.0 Å². The van der Waals surface area contributed by atoms with E-state index in [9.17, 15) is 13.2 Å². The summed E-state index contributed by atoms with van der Waals surface area (Å²) in [6.07, 6.45) is 8.11. The number of amides is 1. The lowest BCUT2D eigenvalue weighted by molar-refractivity contribution is 0.102. The minimum Gasteiger partial charge on any atom is -0.353 e. The Bertz CT molecular complexity index is 955. The van der Waals surface area contributed by atoms with Gasteiger partial charge in [-0.1, -0.05) is 18.9 Å². The van der Waals surface area contributed by atoms with Crippen molar-refractivity contribution in [2.45, 2.75) is 30.9 Å².